The monoisotopic (exact) mass is 626 g/mol. The minimum Gasteiger partial charge on any atom is -0.441 e. The standard InChI is InChI=1S/C30H36F2N8O3S/c1-33-25(19-44-18-21-14-34-39(15-21)20-43-27(41)17-38-12-6-3-7-13-38)30(42)35-24-16-40(22-8-4-2-5-9-22)37-29(24)28-23(31)10-11-26(32)36-28/h10-11,14-16,19,22H,1-9,12-13,17-18,20H2,(H,35,42)/b25-19-. The molecule has 14 heteroatoms. The molecule has 1 saturated heterocycles. The van der Waals surface area contributed by atoms with Crippen molar-refractivity contribution in [3.63, 3.8) is 0 Å². The Balaban J connectivity index is 1.20. The molecule has 44 heavy (non-hydrogen) atoms. The van der Waals surface area contributed by atoms with Crippen molar-refractivity contribution in [3.05, 3.63) is 59.2 Å². The van der Waals surface area contributed by atoms with E-state index in [0.29, 0.717) is 5.75 Å². The Bertz CT molecular complexity index is 1490. The van der Waals surface area contributed by atoms with Crippen molar-refractivity contribution >= 4 is 36.0 Å². The van der Waals surface area contributed by atoms with Crippen LogP contribution in [0.2, 0.25) is 0 Å². The highest BCUT2D eigenvalue weighted by Crippen LogP contribution is 2.33. The van der Waals surface area contributed by atoms with Gasteiger partial charge in [-0.25, -0.2) is 14.1 Å². The first kappa shape index (κ1) is 31.5. The van der Waals surface area contributed by atoms with Crippen molar-refractivity contribution in [1.29, 1.82) is 0 Å². The first-order valence-electron chi connectivity index (χ1n) is 14.8. The lowest BCUT2D eigenvalue weighted by atomic mass is 9.96. The van der Waals surface area contributed by atoms with Gasteiger partial charge in [-0.3, -0.25) is 24.2 Å². The highest BCUT2D eigenvalue weighted by Gasteiger charge is 2.24. The number of anilines is 1. The smallest absolute Gasteiger partial charge is 0.321 e. The zero-order valence-corrected chi connectivity index (χ0v) is 25.3. The van der Waals surface area contributed by atoms with Gasteiger partial charge in [-0.2, -0.15) is 14.6 Å². The van der Waals surface area contributed by atoms with Gasteiger partial charge in [-0.15, -0.1) is 11.8 Å². The Kier molecular flexibility index (Phi) is 10.9. The molecule has 234 valence electrons. The van der Waals surface area contributed by atoms with E-state index in [-0.39, 0.29) is 48.1 Å². The third kappa shape index (κ3) is 8.38. The number of amides is 1. The zero-order chi connectivity index (χ0) is 30.9. The Labute approximate surface area is 258 Å². The van der Waals surface area contributed by atoms with E-state index in [1.54, 1.807) is 28.7 Å². The molecule has 2 aliphatic rings. The lowest BCUT2D eigenvalue weighted by molar-refractivity contribution is -0.149. The number of halogens is 2. The number of rotatable bonds is 12. The second-order valence-electron chi connectivity index (χ2n) is 10.9. The topological polar surface area (TPSA) is 120 Å². The molecule has 0 unspecified atom stereocenters. The molecule has 1 saturated carbocycles. The minimum atomic E-state index is -0.852. The Morgan fingerprint density at radius 1 is 1.09 bits per heavy atom. The van der Waals surface area contributed by atoms with Crippen molar-refractivity contribution in [2.75, 3.05) is 25.0 Å². The molecule has 0 aromatic carbocycles. The molecule has 2 fully saturated rings. The van der Waals surface area contributed by atoms with Gasteiger partial charge in [0.05, 0.1) is 24.5 Å². The first-order valence-corrected chi connectivity index (χ1v) is 15.8. The molecule has 3 aromatic heterocycles. The van der Waals surface area contributed by atoms with Crippen LogP contribution in [0.15, 0.2) is 46.8 Å². The van der Waals surface area contributed by atoms with E-state index in [1.165, 1.54) is 22.9 Å². The van der Waals surface area contributed by atoms with Gasteiger partial charge < -0.3 is 10.1 Å². The lowest BCUT2D eigenvalue weighted by Gasteiger charge is -2.25. The minimum absolute atomic E-state index is 0.0205. The second kappa shape index (κ2) is 15.2. The predicted octanol–water partition coefficient (Wildman–Crippen LogP) is 5.33. The van der Waals surface area contributed by atoms with Gasteiger partial charge in [0, 0.05) is 29.1 Å². The van der Waals surface area contributed by atoms with E-state index in [2.05, 4.69) is 37.1 Å². The van der Waals surface area contributed by atoms with Crippen LogP contribution in [0, 0.1) is 11.8 Å². The number of hydrogen-bond donors (Lipinski definition) is 1. The summed E-state index contributed by atoms with van der Waals surface area (Å²) in [6, 6.07) is 2.01. The van der Waals surface area contributed by atoms with Crippen molar-refractivity contribution < 1.29 is 23.1 Å². The van der Waals surface area contributed by atoms with Crippen LogP contribution < -0.4 is 5.32 Å². The highest BCUT2D eigenvalue weighted by molar-refractivity contribution is 8.01. The third-order valence-corrected chi connectivity index (χ3v) is 8.55. The van der Waals surface area contributed by atoms with Crippen molar-refractivity contribution in [1.82, 2.24) is 29.4 Å². The summed E-state index contributed by atoms with van der Waals surface area (Å²) in [5, 5.41) is 13.1. The summed E-state index contributed by atoms with van der Waals surface area (Å²) in [4.78, 5) is 35.0. The molecule has 0 radical (unpaired) electrons. The van der Waals surface area contributed by atoms with Crippen LogP contribution in [-0.2, 0) is 26.8 Å². The van der Waals surface area contributed by atoms with Crippen LogP contribution in [0.5, 0.6) is 0 Å². The van der Waals surface area contributed by atoms with E-state index >= 15 is 0 Å². The number of esters is 1. The molecule has 3 aromatic rings. The zero-order valence-electron chi connectivity index (χ0n) is 24.5. The number of aromatic nitrogens is 5. The molecule has 11 nitrogen and oxygen atoms in total. The molecule has 1 aliphatic carbocycles. The number of likely N-dealkylation sites (tertiary alicyclic amines) is 1. The van der Waals surface area contributed by atoms with Gasteiger partial charge in [-0.05, 0) is 57.6 Å². The molecular weight excluding hydrogens is 590 g/mol. The van der Waals surface area contributed by atoms with Gasteiger partial charge in [0.2, 0.25) is 5.95 Å². The molecule has 4 heterocycles. The second-order valence-corrected chi connectivity index (χ2v) is 11.8. The largest absolute Gasteiger partial charge is 0.441 e. The Morgan fingerprint density at radius 2 is 1.86 bits per heavy atom. The van der Waals surface area contributed by atoms with Crippen molar-refractivity contribution in [2.24, 2.45) is 4.99 Å². The van der Waals surface area contributed by atoms with Gasteiger partial charge in [-0.1, -0.05) is 25.7 Å². The summed E-state index contributed by atoms with van der Waals surface area (Å²) < 4.78 is 37.3. The highest BCUT2D eigenvalue weighted by atomic mass is 32.2. The molecule has 1 N–H and O–H groups in total. The van der Waals surface area contributed by atoms with Crippen LogP contribution in [0.3, 0.4) is 0 Å². The van der Waals surface area contributed by atoms with Gasteiger partial charge in [0.15, 0.2) is 12.5 Å². The number of nitrogens with one attached hydrogen (secondary N) is 1. The first-order chi connectivity index (χ1) is 21.4. The molecule has 0 spiro atoms. The van der Waals surface area contributed by atoms with E-state index < -0.39 is 17.7 Å². The molecule has 1 aliphatic heterocycles. The maximum Gasteiger partial charge on any atom is 0.321 e. The summed E-state index contributed by atoms with van der Waals surface area (Å²) in [7, 11) is 0. The SMILES string of the molecule is C=N/C(=C\SCc1cnn(COC(=O)CN2CCCCC2)c1)C(=O)Nc1cn(C2CCCCC2)nc1-c1nc(F)ccc1F. The maximum absolute atomic E-state index is 14.7. The number of carbonyl (C=O) groups excluding carboxylic acids is 2. The summed E-state index contributed by atoms with van der Waals surface area (Å²) >= 11 is 1.30. The van der Waals surface area contributed by atoms with E-state index in [4.69, 9.17) is 4.74 Å². The summed E-state index contributed by atoms with van der Waals surface area (Å²) in [5.74, 6) is -1.99. The number of hydrogen-bond acceptors (Lipinski definition) is 9. The third-order valence-electron chi connectivity index (χ3n) is 7.66. The Morgan fingerprint density at radius 3 is 2.64 bits per heavy atom. The quantitative estimate of drug-likeness (QED) is 0.124. The van der Waals surface area contributed by atoms with Crippen LogP contribution >= 0.6 is 11.8 Å². The molecule has 1 amide bonds. The van der Waals surface area contributed by atoms with Crippen LogP contribution in [0.4, 0.5) is 14.5 Å². The normalized spacial score (nSPS) is 16.5. The number of piperidine rings is 1. The predicted molar refractivity (Wildman–Crippen MR) is 164 cm³/mol. The number of ether oxygens (including phenoxy) is 1. The van der Waals surface area contributed by atoms with Crippen molar-refractivity contribution in [3.8, 4) is 11.4 Å². The number of carbonyl (C=O) groups is 2. The number of aliphatic imine (C=N–C) groups is 1. The number of nitrogens with zero attached hydrogens (tertiary/aromatic N) is 7. The molecule has 0 atom stereocenters. The molecule has 0 bridgehead atoms. The fraction of sp³-hybridized carbons (Fsp3) is 0.467. The van der Waals surface area contributed by atoms with Crippen LogP contribution in [-0.4, -0.2) is 67.7 Å². The summed E-state index contributed by atoms with van der Waals surface area (Å²) in [5.41, 5.74) is 0.855. The Hall–Kier alpha value is -3.91. The lowest BCUT2D eigenvalue weighted by Crippen LogP contribution is -2.35. The van der Waals surface area contributed by atoms with Crippen LogP contribution in [0.25, 0.3) is 11.4 Å². The van der Waals surface area contributed by atoms with Gasteiger partial charge in [0.1, 0.15) is 17.1 Å². The molecule has 5 rings (SSSR count). The van der Waals surface area contributed by atoms with Gasteiger partial charge >= 0.3 is 5.97 Å². The van der Waals surface area contributed by atoms with E-state index in [9.17, 15) is 18.4 Å². The van der Waals surface area contributed by atoms with Gasteiger partial charge in [0.25, 0.3) is 5.91 Å². The fourth-order valence-electron chi connectivity index (χ4n) is 5.38. The summed E-state index contributed by atoms with van der Waals surface area (Å²) in [6.45, 7) is 5.65. The van der Waals surface area contributed by atoms with Crippen molar-refractivity contribution in [2.45, 2.75) is 69.9 Å². The maximum atomic E-state index is 14.7. The summed E-state index contributed by atoms with van der Waals surface area (Å²) in [6.07, 6.45) is 13.5. The van der Waals surface area contributed by atoms with Crippen LogP contribution in [0.1, 0.15) is 63.0 Å². The fourth-order valence-corrected chi connectivity index (χ4v) is 6.14. The average molecular weight is 627 g/mol. The number of pyridine rings is 1. The average Bonchev–Trinajstić information content (AvgIpc) is 3.67. The molecular formula is C30H36F2N8O3S. The van der Waals surface area contributed by atoms with E-state index in [0.717, 1.165) is 75.7 Å². The number of thioether (sulfide) groups is 1. The van der Waals surface area contributed by atoms with E-state index in [1.807, 2.05) is 0 Å².